The summed E-state index contributed by atoms with van der Waals surface area (Å²) in [5, 5.41) is 13.2. The second-order valence-corrected chi connectivity index (χ2v) is 5.50. The number of thiophene rings is 1. The van der Waals surface area contributed by atoms with Gasteiger partial charge in [0.15, 0.2) is 0 Å². The second-order valence-electron chi connectivity index (χ2n) is 4.25. The third-order valence-corrected chi connectivity index (χ3v) is 4.35. The minimum Gasteiger partial charge on any atom is -0.393 e. The highest BCUT2D eigenvalue weighted by Crippen LogP contribution is 2.23. The van der Waals surface area contributed by atoms with Gasteiger partial charge in [-0.2, -0.15) is 0 Å². The summed E-state index contributed by atoms with van der Waals surface area (Å²) in [6.45, 7) is 4.11. The van der Waals surface area contributed by atoms with Gasteiger partial charge in [-0.25, -0.2) is 0 Å². The maximum Gasteiger partial charge on any atom is 0.0596 e. The molecule has 2 heterocycles. The van der Waals surface area contributed by atoms with Crippen molar-refractivity contribution >= 4 is 11.3 Å². The van der Waals surface area contributed by atoms with Crippen molar-refractivity contribution in [2.45, 2.75) is 32.3 Å². The topological polar surface area (TPSA) is 32.3 Å². The van der Waals surface area contributed by atoms with Gasteiger partial charge in [0.25, 0.3) is 0 Å². The van der Waals surface area contributed by atoms with Crippen molar-refractivity contribution in [1.82, 2.24) is 5.32 Å². The summed E-state index contributed by atoms with van der Waals surface area (Å²) in [5.74, 6) is 0.405. The third-order valence-electron chi connectivity index (χ3n) is 3.10. The fraction of sp³-hybridized carbons (Fsp3) is 0.667. The maximum absolute atomic E-state index is 9.86. The lowest BCUT2D eigenvalue weighted by Gasteiger charge is -2.27. The normalized spacial score (nSPS) is 26.8. The molecule has 0 saturated carbocycles. The van der Waals surface area contributed by atoms with Crippen LogP contribution in [0.2, 0.25) is 0 Å². The van der Waals surface area contributed by atoms with Crippen LogP contribution < -0.4 is 5.32 Å². The molecule has 15 heavy (non-hydrogen) atoms. The van der Waals surface area contributed by atoms with E-state index in [2.05, 4.69) is 24.4 Å². The lowest BCUT2D eigenvalue weighted by Crippen LogP contribution is -2.40. The Morgan fingerprint density at radius 2 is 2.27 bits per heavy atom. The van der Waals surface area contributed by atoms with Crippen molar-refractivity contribution in [3.05, 3.63) is 21.9 Å². The highest BCUT2D eigenvalue weighted by atomic mass is 32.1. The molecule has 0 aliphatic carbocycles. The summed E-state index contributed by atoms with van der Waals surface area (Å²) in [5.41, 5.74) is 0. The molecule has 1 aromatic heterocycles. The van der Waals surface area contributed by atoms with Crippen LogP contribution in [0.1, 0.15) is 23.1 Å². The van der Waals surface area contributed by atoms with Crippen molar-refractivity contribution in [1.29, 1.82) is 0 Å². The molecule has 1 aliphatic heterocycles. The largest absolute Gasteiger partial charge is 0.393 e. The summed E-state index contributed by atoms with van der Waals surface area (Å²) in [4.78, 5) is 2.86. The molecule has 0 aromatic carbocycles. The molecule has 2 atom stereocenters. The second kappa shape index (κ2) is 5.10. The van der Waals surface area contributed by atoms with E-state index in [4.69, 9.17) is 0 Å². The molecule has 0 spiro atoms. The minimum absolute atomic E-state index is 0.113. The van der Waals surface area contributed by atoms with Gasteiger partial charge in [0.2, 0.25) is 0 Å². The first-order valence-corrected chi connectivity index (χ1v) is 6.57. The molecule has 2 unspecified atom stereocenters. The van der Waals surface area contributed by atoms with Gasteiger partial charge in [0.1, 0.15) is 0 Å². The van der Waals surface area contributed by atoms with E-state index < -0.39 is 0 Å². The van der Waals surface area contributed by atoms with Gasteiger partial charge in [-0.15, -0.1) is 11.3 Å². The fourth-order valence-electron chi connectivity index (χ4n) is 2.10. The Hall–Kier alpha value is -0.380. The molecule has 1 fully saturated rings. The van der Waals surface area contributed by atoms with E-state index in [0.717, 1.165) is 32.4 Å². The van der Waals surface area contributed by atoms with Gasteiger partial charge >= 0.3 is 0 Å². The van der Waals surface area contributed by atoms with Crippen molar-refractivity contribution in [2.75, 3.05) is 13.1 Å². The van der Waals surface area contributed by atoms with Crippen molar-refractivity contribution in [3.63, 3.8) is 0 Å². The van der Waals surface area contributed by atoms with Crippen LogP contribution in [-0.2, 0) is 12.8 Å². The molecular weight excluding hydrogens is 206 g/mol. The number of aliphatic hydroxyl groups is 1. The zero-order chi connectivity index (χ0) is 10.7. The van der Waals surface area contributed by atoms with Crippen LogP contribution in [-0.4, -0.2) is 24.3 Å². The molecule has 84 valence electrons. The number of aliphatic hydroxyl groups excluding tert-OH is 1. The van der Waals surface area contributed by atoms with Gasteiger partial charge in [0, 0.05) is 22.2 Å². The monoisotopic (exact) mass is 225 g/mol. The fourth-order valence-corrected chi connectivity index (χ4v) is 3.15. The molecule has 0 bridgehead atoms. The number of nitrogens with one attached hydrogen (secondary N) is 1. The molecule has 2 rings (SSSR count). The SMILES string of the molecule is CCc1ccc(CC2CNCCC2O)s1. The van der Waals surface area contributed by atoms with Gasteiger partial charge < -0.3 is 10.4 Å². The van der Waals surface area contributed by atoms with E-state index in [1.165, 1.54) is 9.75 Å². The Labute approximate surface area is 95.3 Å². The number of piperidine rings is 1. The lowest BCUT2D eigenvalue weighted by atomic mass is 9.92. The number of rotatable bonds is 3. The van der Waals surface area contributed by atoms with Crippen LogP contribution in [0, 0.1) is 5.92 Å². The first-order chi connectivity index (χ1) is 7.29. The van der Waals surface area contributed by atoms with Crippen molar-refractivity contribution in [3.8, 4) is 0 Å². The summed E-state index contributed by atoms with van der Waals surface area (Å²) >= 11 is 1.89. The number of hydrogen-bond acceptors (Lipinski definition) is 3. The van der Waals surface area contributed by atoms with E-state index >= 15 is 0 Å². The Kier molecular flexibility index (Phi) is 3.78. The molecular formula is C12H19NOS. The van der Waals surface area contributed by atoms with Gasteiger partial charge in [-0.3, -0.25) is 0 Å². The van der Waals surface area contributed by atoms with Gasteiger partial charge in [-0.1, -0.05) is 6.92 Å². The van der Waals surface area contributed by atoms with Crippen LogP contribution in [0.5, 0.6) is 0 Å². The summed E-state index contributed by atoms with van der Waals surface area (Å²) < 4.78 is 0. The van der Waals surface area contributed by atoms with E-state index in [-0.39, 0.29) is 6.10 Å². The zero-order valence-electron chi connectivity index (χ0n) is 9.20. The minimum atomic E-state index is -0.113. The Morgan fingerprint density at radius 1 is 1.47 bits per heavy atom. The maximum atomic E-state index is 9.86. The van der Waals surface area contributed by atoms with Crippen molar-refractivity contribution < 1.29 is 5.11 Å². The first kappa shape index (κ1) is 11.1. The van der Waals surface area contributed by atoms with E-state index in [9.17, 15) is 5.11 Å². The number of aryl methyl sites for hydroxylation is 1. The van der Waals surface area contributed by atoms with E-state index in [1.54, 1.807) is 0 Å². The predicted molar refractivity (Wildman–Crippen MR) is 64.4 cm³/mol. The Morgan fingerprint density at radius 3 is 2.93 bits per heavy atom. The van der Waals surface area contributed by atoms with Crippen LogP contribution in [0.25, 0.3) is 0 Å². The molecule has 1 aliphatic rings. The molecule has 0 amide bonds. The summed E-state index contributed by atoms with van der Waals surface area (Å²) in [6.07, 6.45) is 2.93. The molecule has 3 heteroatoms. The van der Waals surface area contributed by atoms with Gasteiger partial charge in [-0.05, 0) is 37.9 Å². The summed E-state index contributed by atoms with van der Waals surface area (Å²) in [7, 11) is 0. The summed E-state index contributed by atoms with van der Waals surface area (Å²) in [6, 6.07) is 4.42. The molecule has 1 saturated heterocycles. The quantitative estimate of drug-likeness (QED) is 0.822. The molecule has 2 nitrogen and oxygen atoms in total. The highest BCUT2D eigenvalue weighted by molar-refractivity contribution is 7.11. The molecule has 2 N–H and O–H groups in total. The smallest absolute Gasteiger partial charge is 0.0596 e. The average molecular weight is 225 g/mol. The molecule has 0 radical (unpaired) electrons. The first-order valence-electron chi connectivity index (χ1n) is 5.76. The van der Waals surface area contributed by atoms with Crippen LogP contribution in [0.4, 0.5) is 0 Å². The Bertz CT molecular complexity index is 310. The van der Waals surface area contributed by atoms with Crippen LogP contribution in [0.15, 0.2) is 12.1 Å². The van der Waals surface area contributed by atoms with Crippen LogP contribution >= 0.6 is 11.3 Å². The van der Waals surface area contributed by atoms with E-state index in [1.807, 2.05) is 11.3 Å². The van der Waals surface area contributed by atoms with E-state index in [0.29, 0.717) is 5.92 Å². The number of hydrogen-bond donors (Lipinski definition) is 2. The van der Waals surface area contributed by atoms with Gasteiger partial charge in [0.05, 0.1) is 6.10 Å². The zero-order valence-corrected chi connectivity index (χ0v) is 10.0. The van der Waals surface area contributed by atoms with Crippen molar-refractivity contribution in [2.24, 2.45) is 5.92 Å². The highest BCUT2D eigenvalue weighted by Gasteiger charge is 2.23. The predicted octanol–water partition coefficient (Wildman–Crippen LogP) is 1.82. The average Bonchev–Trinajstić information content (AvgIpc) is 2.69. The third kappa shape index (κ3) is 2.80. The lowest BCUT2D eigenvalue weighted by molar-refractivity contribution is 0.0795. The standard InChI is InChI=1S/C12H19NOS/c1-2-10-3-4-11(15-10)7-9-8-13-6-5-12(9)14/h3-4,9,12-14H,2,5-8H2,1H3. The Balaban J connectivity index is 1.95. The van der Waals surface area contributed by atoms with Crippen LogP contribution in [0.3, 0.4) is 0 Å². The molecule has 1 aromatic rings.